The third-order valence-electron chi connectivity index (χ3n) is 2.36. The van der Waals surface area contributed by atoms with Crippen molar-refractivity contribution in [2.24, 2.45) is 0 Å². The lowest BCUT2D eigenvalue weighted by molar-refractivity contribution is 0.680. The highest BCUT2D eigenvalue weighted by atomic mass is 14.9. The fourth-order valence-corrected chi connectivity index (χ4v) is 1.34. The molecule has 1 N–H and O–H groups in total. The molecule has 0 fully saturated rings. The molecule has 0 aromatic heterocycles. The van der Waals surface area contributed by atoms with Gasteiger partial charge >= 0.3 is 0 Å². The molecule has 76 valence electrons. The van der Waals surface area contributed by atoms with Crippen LogP contribution in [0.25, 0.3) is 0 Å². The second kappa shape index (κ2) is 4.85. The Morgan fingerprint density at radius 3 is 2.43 bits per heavy atom. The summed E-state index contributed by atoms with van der Waals surface area (Å²) in [5.74, 6) is 0.535. The van der Waals surface area contributed by atoms with Gasteiger partial charge in [0, 0.05) is 12.2 Å². The monoisotopic (exact) mass is 189 g/mol. The standard InChI is InChI=1S/C13H19N/c1-10(2)14-9-12(4)13-7-5-11(3)6-8-13/h5-8,12,14H,1,9H2,2-4H3. The Labute approximate surface area is 86.8 Å². The Kier molecular flexibility index (Phi) is 3.75. The van der Waals surface area contributed by atoms with Crippen LogP contribution >= 0.6 is 0 Å². The van der Waals surface area contributed by atoms with E-state index in [9.17, 15) is 0 Å². The van der Waals surface area contributed by atoms with E-state index in [-0.39, 0.29) is 0 Å². The topological polar surface area (TPSA) is 12.0 Å². The fourth-order valence-electron chi connectivity index (χ4n) is 1.34. The van der Waals surface area contributed by atoms with E-state index < -0.39 is 0 Å². The van der Waals surface area contributed by atoms with Crippen LogP contribution in [0.15, 0.2) is 36.5 Å². The van der Waals surface area contributed by atoms with Crippen LogP contribution in [0.1, 0.15) is 30.9 Å². The first kappa shape index (κ1) is 10.8. The second-order valence-electron chi connectivity index (χ2n) is 3.97. The summed E-state index contributed by atoms with van der Waals surface area (Å²) in [7, 11) is 0. The molecule has 1 aromatic rings. The van der Waals surface area contributed by atoms with Crippen molar-refractivity contribution < 1.29 is 0 Å². The number of aryl methyl sites for hydroxylation is 1. The van der Waals surface area contributed by atoms with Crippen LogP contribution in [0.5, 0.6) is 0 Å². The average molecular weight is 189 g/mol. The summed E-state index contributed by atoms with van der Waals surface area (Å²) in [6.07, 6.45) is 0. The summed E-state index contributed by atoms with van der Waals surface area (Å²) < 4.78 is 0. The summed E-state index contributed by atoms with van der Waals surface area (Å²) in [6, 6.07) is 8.71. The van der Waals surface area contributed by atoms with Crippen molar-refractivity contribution >= 4 is 0 Å². The first-order valence-corrected chi connectivity index (χ1v) is 5.05. The van der Waals surface area contributed by atoms with Crippen LogP contribution < -0.4 is 5.32 Å². The highest BCUT2D eigenvalue weighted by Gasteiger charge is 2.03. The van der Waals surface area contributed by atoms with Gasteiger partial charge in [0.25, 0.3) is 0 Å². The van der Waals surface area contributed by atoms with Gasteiger partial charge in [0.1, 0.15) is 0 Å². The van der Waals surface area contributed by atoms with Gasteiger partial charge in [-0.15, -0.1) is 0 Å². The van der Waals surface area contributed by atoms with Gasteiger partial charge in [-0.25, -0.2) is 0 Å². The molecule has 1 aromatic carbocycles. The SMILES string of the molecule is C=C(C)NCC(C)c1ccc(C)cc1. The summed E-state index contributed by atoms with van der Waals surface area (Å²) in [5, 5.41) is 3.26. The largest absolute Gasteiger partial charge is 0.388 e. The summed E-state index contributed by atoms with van der Waals surface area (Å²) in [5.41, 5.74) is 3.72. The number of hydrogen-bond acceptors (Lipinski definition) is 1. The minimum absolute atomic E-state index is 0.535. The highest BCUT2D eigenvalue weighted by Crippen LogP contribution is 2.14. The predicted octanol–water partition coefficient (Wildman–Crippen LogP) is 3.22. The van der Waals surface area contributed by atoms with Crippen molar-refractivity contribution in [1.29, 1.82) is 0 Å². The Balaban J connectivity index is 2.56. The fraction of sp³-hybridized carbons (Fsp3) is 0.385. The summed E-state index contributed by atoms with van der Waals surface area (Å²) in [4.78, 5) is 0. The maximum Gasteiger partial charge on any atom is 0.0209 e. The number of rotatable bonds is 4. The number of benzene rings is 1. The van der Waals surface area contributed by atoms with Gasteiger partial charge in [0.05, 0.1) is 0 Å². The van der Waals surface area contributed by atoms with Crippen molar-refractivity contribution in [3.05, 3.63) is 47.7 Å². The van der Waals surface area contributed by atoms with Crippen molar-refractivity contribution in [3.8, 4) is 0 Å². The third kappa shape index (κ3) is 3.25. The average Bonchev–Trinajstić information content (AvgIpc) is 2.15. The minimum Gasteiger partial charge on any atom is -0.388 e. The van der Waals surface area contributed by atoms with Gasteiger partial charge in [-0.1, -0.05) is 43.3 Å². The van der Waals surface area contributed by atoms with Gasteiger partial charge in [0.15, 0.2) is 0 Å². The zero-order valence-corrected chi connectivity index (χ0v) is 9.30. The lowest BCUT2D eigenvalue weighted by Crippen LogP contribution is -2.17. The van der Waals surface area contributed by atoms with Gasteiger partial charge in [-0.2, -0.15) is 0 Å². The first-order valence-electron chi connectivity index (χ1n) is 5.05. The molecule has 1 nitrogen and oxygen atoms in total. The molecule has 0 spiro atoms. The number of nitrogens with one attached hydrogen (secondary N) is 1. The number of hydrogen-bond donors (Lipinski definition) is 1. The van der Waals surface area contributed by atoms with Crippen molar-refractivity contribution in [2.75, 3.05) is 6.54 Å². The molecular formula is C13H19N. The molecule has 1 atom stereocenters. The maximum atomic E-state index is 3.82. The quantitative estimate of drug-likeness (QED) is 0.766. The van der Waals surface area contributed by atoms with E-state index in [1.165, 1.54) is 11.1 Å². The van der Waals surface area contributed by atoms with E-state index >= 15 is 0 Å². The lowest BCUT2D eigenvalue weighted by Gasteiger charge is -2.13. The molecule has 0 bridgehead atoms. The molecule has 1 heteroatoms. The summed E-state index contributed by atoms with van der Waals surface area (Å²) in [6.45, 7) is 11.1. The molecule has 0 radical (unpaired) electrons. The van der Waals surface area contributed by atoms with E-state index in [0.29, 0.717) is 5.92 Å². The molecule has 1 unspecified atom stereocenters. The van der Waals surface area contributed by atoms with Crippen LogP contribution in [0, 0.1) is 6.92 Å². The van der Waals surface area contributed by atoms with E-state index in [1.807, 2.05) is 6.92 Å². The molecule has 1 rings (SSSR count). The molecule has 0 amide bonds. The molecule has 0 aliphatic heterocycles. The smallest absolute Gasteiger partial charge is 0.0209 e. The molecular weight excluding hydrogens is 170 g/mol. The van der Waals surface area contributed by atoms with Crippen LogP contribution in [0.2, 0.25) is 0 Å². The first-order chi connectivity index (χ1) is 6.59. The molecule has 0 saturated carbocycles. The van der Waals surface area contributed by atoms with Crippen LogP contribution in [0.4, 0.5) is 0 Å². The zero-order valence-electron chi connectivity index (χ0n) is 9.30. The third-order valence-corrected chi connectivity index (χ3v) is 2.36. The Hall–Kier alpha value is -1.24. The van der Waals surface area contributed by atoms with E-state index in [0.717, 1.165) is 12.2 Å². The van der Waals surface area contributed by atoms with Gasteiger partial charge < -0.3 is 5.32 Å². The van der Waals surface area contributed by atoms with Crippen molar-refractivity contribution in [3.63, 3.8) is 0 Å². The van der Waals surface area contributed by atoms with Crippen molar-refractivity contribution in [2.45, 2.75) is 26.7 Å². The van der Waals surface area contributed by atoms with E-state index in [1.54, 1.807) is 0 Å². The highest BCUT2D eigenvalue weighted by molar-refractivity contribution is 5.24. The normalized spacial score (nSPS) is 12.2. The van der Waals surface area contributed by atoms with E-state index in [2.05, 4.69) is 50.0 Å². The Morgan fingerprint density at radius 1 is 1.36 bits per heavy atom. The minimum atomic E-state index is 0.535. The van der Waals surface area contributed by atoms with E-state index in [4.69, 9.17) is 0 Å². The maximum absolute atomic E-state index is 3.82. The number of allylic oxidation sites excluding steroid dienone is 1. The van der Waals surface area contributed by atoms with Gasteiger partial charge in [0.2, 0.25) is 0 Å². The van der Waals surface area contributed by atoms with Gasteiger partial charge in [-0.05, 0) is 25.3 Å². The Morgan fingerprint density at radius 2 is 1.93 bits per heavy atom. The second-order valence-corrected chi connectivity index (χ2v) is 3.97. The van der Waals surface area contributed by atoms with Crippen LogP contribution in [-0.2, 0) is 0 Å². The molecule has 0 aliphatic rings. The van der Waals surface area contributed by atoms with Crippen LogP contribution in [0.3, 0.4) is 0 Å². The lowest BCUT2D eigenvalue weighted by atomic mass is 10.00. The van der Waals surface area contributed by atoms with Crippen LogP contribution in [-0.4, -0.2) is 6.54 Å². The molecule has 0 saturated heterocycles. The molecule has 0 aliphatic carbocycles. The van der Waals surface area contributed by atoms with Crippen molar-refractivity contribution in [1.82, 2.24) is 5.32 Å². The molecule has 14 heavy (non-hydrogen) atoms. The zero-order chi connectivity index (χ0) is 10.6. The predicted molar refractivity (Wildman–Crippen MR) is 62.4 cm³/mol. The molecule has 0 heterocycles. The van der Waals surface area contributed by atoms with Gasteiger partial charge in [-0.3, -0.25) is 0 Å². The summed E-state index contributed by atoms with van der Waals surface area (Å²) >= 11 is 0. The Bertz CT molecular complexity index is 298.